The number of allylic oxidation sites excluding steroid dienone is 2. The molecule has 0 bridgehead atoms. The van der Waals surface area contributed by atoms with Gasteiger partial charge in [-0.15, -0.1) is 0 Å². The Morgan fingerprint density at radius 2 is 1.81 bits per heavy atom. The number of carbonyl (C=O) groups is 2. The van der Waals surface area contributed by atoms with Crippen LogP contribution >= 0.6 is 0 Å². The third-order valence-corrected chi connectivity index (χ3v) is 8.85. The van der Waals surface area contributed by atoms with E-state index in [4.69, 9.17) is 5.73 Å². The first kappa shape index (κ1) is 23.3. The molecule has 6 nitrogen and oxygen atoms in total. The molecule has 1 aromatic heterocycles. The zero-order valence-electron chi connectivity index (χ0n) is 21.1. The molecule has 0 radical (unpaired) electrons. The van der Waals surface area contributed by atoms with Crippen LogP contribution < -0.4 is 10.6 Å². The van der Waals surface area contributed by atoms with Crippen molar-refractivity contribution >= 4 is 23.1 Å². The van der Waals surface area contributed by atoms with Crippen LogP contribution in [0, 0.1) is 5.82 Å². The van der Waals surface area contributed by atoms with E-state index in [1.54, 1.807) is 24.4 Å². The number of Topliss-reactive ketones (excluding diaryl/α,β-unsaturated/α-hetero) is 1. The van der Waals surface area contributed by atoms with Crippen LogP contribution in [0.3, 0.4) is 0 Å². The molecule has 4 aliphatic rings. The van der Waals surface area contributed by atoms with E-state index in [1.165, 1.54) is 32.4 Å². The number of amides is 1. The lowest BCUT2D eigenvalue weighted by Gasteiger charge is -2.41. The SMILES string of the molecule is CC1(C)C2=C(C(=O)c3cnc(N4CCC(N5CCCCC5)CC4)c(F)c31)c1ccc(C(N)=O)cc1C2. The molecule has 0 saturated carbocycles. The van der Waals surface area contributed by atoms with E-state index in [1.807, 2.05) is 13.8 Å². The molecule has 2 aromatic rings. The van der Waals surface area contributed by atoms with Crippen LogP contribution in [0.25, 0.3) is 5.57 Å². The molecule has 2 saturated heterocycles. The Morgan fingerprint density at radius 1 is 1.08 bits per heavy atom. The zero-order chi connectivity index (χ0) is 25.2. The van der Waals surface area contributed by atoms with E-state index in [9.17, 15) is 9.59 Å². The molecule has 188 valence electrons. The molecule has 0 spiro atoms. The summed E-state index contributed by atoms with van der Waals surface area (Å²) in [4.78, 5) is 34.5. The average Bonchev–Trinajstić information content (AvgIpc) is 3.28. The number of pyridine rings is 1. The summed E-state index contributed by atoms with van der Waals surface area (Å²) in [5.41, 5.74) is 9.21. The highest BCUT2D eigenvalue weighted by Crippen LogP contribution is 2.51. The number of nitrogens with two attached hydrogens (primary N) is 1. The van der Waals surface area contributed by atoms with Gasteiger partial charge in [-0.1, -0.05) is 26.3 Å². The maximum atomic E-state index is 16.3. The number of halogens is 1. The molecule has 1 aromatic carbocycles. The molecule has 3 heterocycles. The molecule has 7 heteroatoms. The predicted octanol–water partition coefficient (Wildman–Crippen LogP) is 4.26. The number of benzene rings is 1. The summed E-state index contributed by atoms with van der Waals surface area (Å²) in [6, 6.07) is 5.77. The Bertz CT molecular complexity index is 1300. The lowest BCUT2D eigenvalue weighted by molar-refractivity contribution is 0.0999. The molecule has 6 rings (SSSR count). The minimum absolute atomic E-state index is 0.188. The van der Waals surface area contributed by atoms with Crippen LogP contribution in [0.4, 0.5) is 10.2 Å². The number of rotatable bonds is 3. The number of piperidine rings is 2. The maximum Gasteiger partial charge on any atom is 0.248 e. The zero-order valence-corrected chi connectivity index (χ0v) is 21.1. The first-order chi connectivity index (χ1) is 17.3. The average molecular weight is 489 g/mol. The number of likely N-dealkylation sites (tertiary alicyclic amines) is 1. The third-order valence-electron chi connectivity index (χ3n) is 8.85. The summed E-state index contributed by atoms with van der Waals surface area (Å²) in [6.07, 6.45) is 7.96. The normalized spacial score (nSPS) is 21.9. The summed E-state index contributed by atoms with van der Waals surface area (Å²) in [7, 11) is 0. The number of hydrogen-bond acceptors (Lipinski definition) is 5. The largest absolute Gasteiger partial charge is 0.366 e. The van der Waals surface area contributed by atoms with Gasteiger partial charge in [-0.25, -0.2) is 9.37 Å². The Balaban J connectivity index is 1.31. The number of primary amides is 1. The Kier molecular flexibility index (Phi) is 5.52. The quantitative estimate of drug-likeness (QED) is 0.699. The van der Waals surface area contributed by atoms with E-state index in [2.05, 4.69) is 14.8 Å². The van der Waals surface area contributed by atoms with Gasteiger partial charge in [-0.05, 0) is 74.0 Å². The van der Waals surface area contributed by atoms with Gasteiger partial charge < -0.3 is 15.5 Å². The molecule has 2 N–H and O–H groups in total. The van der Waals surface area contributed by atoms with Gasteiger partial charge in [0.15, 0.2) is 17.4 Å². The molecule has 2 aliphatic heterocycles. The molecule has 2 fully saturated rings. The first-order valence-corrected chi connectivity index (χ1v) is 13.2. The van der Waals surface area contributed by atoms with Crippen molar-refractivity contribution in [3.63, 3.8) is 0 Å². The number of fused-ring (bicyclic) bond motifs is 3. The molecular formula is C29H33FN4O2. The topological polar surface area (TPSA) is 79.5 Å². The van der Waals surface area contributed by atoms with Gasteiger partial charge in [0.1, 0.15) is 0 Å². The van der Waals surface area contributed by atoms with Crippen LogP contribution in [0.2, 0.25) is 0 Å². The number of nitrogens with zero attached hydrogens (tertiary/aromatic N) is 3. The highest BCUT2D eigenvalue weighted by atomic mass is 19.1. The van der Waals surface area contributed by atoms with E-state index in [0.29, 0.717) is 40.5 Å². The van der Waals surface area contributed by atoms with Gasteiger partial charge in [-0.3, -0.25) is 9.59 Å². The summed E-state index contributed by atoms with van der Waals surface area (Å²) >= 11 is 0. The fourth-order valence-electron chi connectivity index (χ4n) is 6.86. The monoisotopic (exact) mass is 488 g/mol. The van der Waals surface area contributed by atoms with Gasteiger partial charge in [0.25, 0.3) is 0 Å². The minimum Gasteiger partial charge on any atom is -0.366 e. The highest BCUT2D eigenvalue weighted by molar-refractivity contribution is 6.33. The second-order valence-electron chi connectivity index (χ2n) is 11.2. The highest BCUT2D eigenvalue weighted by Gasteiger charge is 2.45. The summed E-state index contributed by atoms with van der Waals surface area (Å²) in [5, 5.41) is 0. The van der Waals surface area contributed by atoms with Crippen molar-refractivity contribution in [1.82, 2.24) is 9.88 Å². The van der Waals surface area contributed by atoms with Crippen LogP contribution in [0.1, 0.15) is 83.4 Å². The molecule has 36 heavy (non-hydrogen) atoms. The van der Waals surface area contributed by atoms with Gasteiger partial charge in [0.2, 0.25) is 5.91 Å². The van der Waals surface area contributed by atoms with Crippen LogP contribution in [-0.2, 0) is 11.8 Å². The third kappa shape index (κ3) is 3.51. The smallest absolute Gasteiger partial charge is 0.248 e. The minimum atomic E-state index is -0.682. The molecule has 1 amide bonds. The number of aromatic nitrogens is 1. The Labute approximate surface area is 211 Å². The second-order valence-corrected chi connectivity index (χ2v) is 11.2. The van der Waals surface area contributed by atoms with Crippen molar-refractivity contribution in [3.8, 4) is 0 Å². The van der Waals surface area contributed by atoms with Crippen molar-refractivity contribution in [2.45, 2.75) is 63.8 Å². The molecular weight excluding hydrogens is 455 g/mol. The van der Waals surface area contributed by atoms with E-state index in [0.717, 1.165) is 42.6 Å². The Morgan fingerprint density at radius 3 is 2.50 bits per heavy atom. The lowest BCUT2D eigenvalue weighted by Crippen LogP contribution is -2.47. The summed E-state index contributed by atoms with van der Waals surface area (Å²) in [6.45, 7) is 7.87. The van der Waals surface area contributed by atoms with Crippen LogP contribution in [-0.4, -0.2) is 53.8 Å². The van der Waals surface area contributed by atoms with E-state index >= 15 is 4.39 Å². The van der Waals surface area contributed by atoms with Gasteiger partial charge in [-0.2, -0.15) is 0 Å². The maximum absolute atomic E-state index is 16.3. The number of ketones is 1. The van der Waals surface area contributed by atoms with Crippen molar-refractivity contribution in [3.05, 3.63) is 63.6 Å². The number of anilines is 1. The number of hydrogen-bond donors (Lipinski definition) is 1. The second kappa shape index (κ2) is 8.51. The molecule has 2 aliphatic carbocycles. The summed E-state index contributed by atoms with van der Waals surface area (Å²) in [5.74, 6) is -0.697. The molecule has 0 atom stereocenters. The molecule has 0 unspecified atom stereocenters. The van der Waals surface area contributed by atoms with E-state index < -0.39 is 11.3 Å². The number of carbonyl (C=O) groups excluding carboxylic acids is 2. The first-order valence-electron chi connectivity index (χ1n) is 13.2. The fourth-order valence-corrected chi connectivity index (χ4v) is 6.86. The lowest BCUT2D eigenvalue weighted by atomic mass is 9.68. The standard InChI is InChI=1S/C29H33FN4O2/c1-29(2)22-15-18-14-17(27(31)36)6-7-20(18)23(22)26(35)21-16-32-28(25(30)24(21)29)34-12-8-19(9-13-34)33-10-4-3-5-11-33/h6-7,14,16,19H,3-5,8-13,15H2,1-2H3,(H2,31,36). The van der Waals surface area contributed by atoms with Gasteiger partial charge in [0, 0.05) is 53.0 Å². The fraction of sp³-hybridized carbons (Fsp3) is 0.483. The predicted molar refractivity (Wildman–Crippen MR) is 138 cm³/mol. The Hall–Kier alpha value is -3.06. The summed E-state index contributed by atoms with van der Waals surface area (Å²) < 4.78 is 16.3. The van der Waals surface area contributed by atoms with Crippen molar-refractivity contribution in [2.24, 2.45) is 5.73 Å². The van der Waals surface area contributed by atoms with Gasteiger partial charge in [0.05, 0.1) is 0 Å². The van der Waals surface area contributed by atoms with Crippen molar-refractivity contribution in [2.75, 3.05) is 31.1 Å². The van der Waals surface area contributed by atoms with Crippen molar-refractivity contribution in [1.29, 1.82) is 0 Å². The van der Waals surface area contributed by atoms with Crippen LogP contribution in [0.15, 0.2) is 30.0 Å². The van der Waals surface area contributed by atoms with Crippen LogP contribution in [0.5, 0.6) is 0 Å². The van der Waals surface area contributed by atoms with Crippen molar-refractivity contribution < 1.29 is 14.0 Å². The van der Waals surface area contributed by atoms with E-state index in [-0.39, 0.29) is 11.6 Å². The van der Waals surface area contributed by atoms with Gasteiger partial charge >= 0.3 is 0 Å².